The first kappa shape index (κ1) is 19.8. The molecule has 3 N–H and O–H groups in total. The van der Waals surface area contributed by atoms with Gasteiger partial charge in [-0.1, -0.05) is 11.8 Å². The van der Waals surface area contributed by atoms with E-state index in [4.69, 9.17) is 15.5 Å². The van der Waals surface area contributed by atoms with E-state index in [1.807, 2.05) is 24.3 Å². The predicted octanol–water partition coefficient (Wildman–Crippen LogP) is 2.92. The van der Waals surface area contributed by atoms with Gasteiger partial charge in [0.1, 0.15) is 5.82 Å². The molecule has 1 saturated carbocycles. The fourth-order valence-corrected chi connectivity index (χ4v) is 4.31. The van der Waals surface area contributed by atoms with Crippen molar-refractivity contribution >= 4 is 34.9 Å². The molecule has 2 fully saturated rings. The molecule has 0 atom stereocenters. The molecule has 0 unspecified atom stereocenters. The van der Waals surface area contributed by atoms with E-state index >= 15 is 0 Å². The number of methoxy groups -OCH3 is 1. The number of carbonyl (C=O) groups is 1. The topological polar surface area (TPSA) is 83.7 Å². The second-order valence-corrected chi connectivity index (χ2v) is 8.74. The number of hydrogen-bond acceptors (Lipinski definition) is 7. The van der Waals surface area contributed by atoms with Crippen LogP contribution in [0.3, 0.4) is 0 Å². The fourth-order valence-electron chi connectivity index (χ4n) is 3.32. The van der Waals surface area contributed by atoms with Crippen LogP contribution in [0.25, 0.3) is 0 Å². The second-order valence-electron chi connectivity index (χ2n) is 7.62. The lowest BCUT2D eigenvalue weighted by atomic mass is 10.2. The summed E-state index contributed by atoms with van der Waals surface area (Å²) in [5.41, 5.74) is 7.40. The number of nitrogens with one attached hydrogen (secondary N) is 1. The molecule has 0 spiro atoms. The Morgan fingerprint density at radius 1 is 1.21 bits per heavy atom. The molecule has 1 aliphatic heterocycles. The van der Waals surface area contributed by atoms with Gasteiger partial charge in [0.25, 0.3) is 0 Å². The smallest absolute Gasteiger partial charge is 0.229 e. The minimum absolute atomic E-state index is 0.0716. The summed E-state index contributed by atoms with van der Waals surface area (Å²) in [7, 11) is 3.78. The number of piperazine rings is 1. The number of benzene rings is 1. The number of nitrogens with two attached hydrogens (primary N) is 1. The van der Waals surface area contributed by atoms with Crippen LogP contribution in [0.5, 0.6) is 5.88 Å². The van der Waals surface area contributed by atoms with Gasteiger partial charge in [-0.3, -0.25) is 4.79 Å². The molecule has 29 heavy (non-hydrogen) atoms. The van der Waals surface area contributed by atoms with Crippen molar-refractivity contribution in [3.63, 3.8) is 0 Å². The van der Waals surface area contributed by atoms with Gasteiger partial charge in [0.15, 0.2) is 0 Å². The molecule has 2 aromatic rings. The molecule has 0 bridgehead atoms. The number of carbonyl (C=O) groups excluding carboxylic acids is 1. The molecule has 0 radical (unpaired) electrons. The van der Waals surface area contributed by atoms with Crippen LogP contribution in [-0.4, -0.2) is 56.1 Å². The van der Waals surface area contributed by atoms with Crippen LogP contribution in [0, 0.1) is 5.92 Å². The Morgan fingerprint density at radius 3 is 2.66 bits per heavy atom. The normalized spacial score (nSPS) is 17.2. The van der Waals surface area contributed by atoms with E-state index in [1.165, 1.54) is 11.8 Å². The van der Waals surface area contributed by atoms with E-state index in [0.717, 1.165) is 60.3 Å². The first-order valence-electron chi connectivity index (χ1n) is 9.89. The van der Waals surface area contributed by atoms with Crippen molar-refractivity contribution in [2.24, 2.45) is 5.92 Å². The predicted molar refractivity (Wildman–Crippen MR) is 117 cm³/mol. The summed E-state index contributed by atoms with van der Waals surface area (Å²) >= 11 is 1.53. The summed E-state index contributed by atoms with van der Waals surface area (Å²) in [6, 6.07) is 9.70. The molecule has 1 saturated heterocycles. The monoisotopic (exact) mass is 413 g/mol. The van der Waals surface area contributed by atoms with Gasteiger partial charge in [-0.25, -0.2) is 0 Å². The Bertz CT molecular complexity index is 895. The Morgan fingerprint density at radius 2 is 1.97 bits per heavy atom. The van der Waals surface area contributed by atoms with Crippen molar-refractivity contribution in [2.45, 2.75) is 22.6 Å². The van der Waals surface area contributed by atoms with Gasteiger partial charge in [-0.05, 0) is 50.2 Å². The summed E-state index contributed by atoms with van der Waals surface area (Å²) in [5, 5.41) is 2.97. The summed E-state index contributed by atoms with van der Waals surface area (Å²) in [6.45, 7) is 3.97. The molecule has 154 valence electrons. The van der Waals surface area contributed by atoms with Gasteiger partial charge in [-0.15, -0.1) is 0 Å². The summed E-state index contributed by atoms with van der Waals surface area (Å²) in [6.07, 6.45) is 1.94. The van der Waals surface area contributed by atoms with Gasteiger partial charge in [0.05, 0.1) is 12.0 Å². The second kappa shape index (κ2) is 8.51. The van der Waals surface area contributed by atoms with E-state index in [0.29, 0.717) is 11.6 Å². The molecular formula is C21H27N5O2S. The van der Waals surface area contributed by atoms with Crippen molar-refractivity contribution in [1.82, 2.24) is 9.88 Å². The maximum Gasteiger partial charge on any atom is 0.229 e. The third-order valence-corrected chi connectivity index (χ3v) is 6.21. The van der Waals surface area contributed by atoms with Crippen LogP contribution >= 0.6 is 11.8 Å². The maximum atomic E-state index is 12.1. The molecule has 1 aromatic carbocycles. The highest BCUT2D eigenvalue weighted by Crippen LogP contribution is 2.38. The van der Waals surface area contributed by atoms with Crippen molar-refractivity contribution in [2.75, 3.05) is 56.3 Å². The fraction of sp³-hybridized carbons (Fsp3) is 0.429. The van der Waals surface area contributed by atoms with E-state index in [1.54, 1.807) is 13.2 Å². The molecule has 2 aliphatic rings. The Kier molecular flexibility index (Phi) is 5.82. The van der Waals surface area contributed by atoms with Crippen molar-refractivity contribution < 1.29 is 9.53 Å². The number of aromatic nitrogens is 1. The molecular weight excluding hydrogens is 386 g/mol. The SMILES string of the molecule is COc1nc(N2CCN(C)CC2)ccc1Sc1cc(N)cc(NC(=O)C2CC2)c1. The van der Waals surface area contributed by atoms with E-state index < -0.39 is 0 Å². The Labute approximate surface area is 175 Å². The molecule has 1 aliphatic carbocycles. The number of pyridine rings is 1. The summed E-state index contributed by atoms with van der Waals surface area (Å²) in [4.78, 5) is 23.2. The van der Waals surface area contributed by atoms with Crippen LogP contribution in [0.2, 0.25) is 0 Å². The zero-order valence-corrected chi connectivity index (χ0v) is 17.7. The van der Waals surface area contributed by atoms with Gasteiger partial charge in [0, 0.05) is 48.4 Å². The standard InChI is InChI=1S/C21H27N5O2S/c1-25-7-9-26(10-8-25)19-6-5-18(21(24-19)28-2)29-17-12-15(22)11-16(13-17)23-20(27)14-3-4-14/h5-6,11-14H,3-4,7-10,22H2,1-2H3,(H,23,27). The van der Waals surface area contributed by atoms with E-state index in [9.17, 15) is 4.79 Å². The minimum atomic E-state index is 0.0716. The average Bonchev–Trinajstić information content (AvgIpc) is 3.54. The van der Waals surface area contributed by atoms with Gasteiger partial charge in [0.2, 0.25) is 11.8 Å². The Balaban J connectivity index is 1.51. The van der Waals surface area contributed by atoms with Gasteiger partial charge >= 0.3 is 0 Å². The molecule has 1 amide bonds. The minimum Gasteiger partial charge on any atom is -0.480 e. The molecule has 7 nitrogen and oxygen atoms in total. The summed E-state index contributed by atoms with van der Waals surface area (Å²) < 4.78 is 5.56. The largest absolute Gasteiger partial charge is 0.480 e. The first-order chi connectivity index (χ1) is 14.0. The maximum absolute atomic E-state index is 12.1. The molecule has 4 rings (SSSR count). The molecule has 8 heteroatoms. The lowest BCUT2D eigenvalue weighted by molar-refractivity contribution is -0.117. The van der Waals surface area contributed by atoms with Crippen molar-refractivity contribution in [3.05, 3.63) is 30.3 Å². The first-order valence-corrected chi connectivity index (χ1v) is 10.7. The van der Waals surface area contributed by atoms with Crippen molar-refractivity contribution in [3.8, 4) is 5.88 Å². The number of amides is 1. The third kappa shape index (κ3) is 4.94. The van der Waals surface area contributed by atoms with Crippen molar-refractivity contribution in [1.29, 1.82) is 0 Å². The highest BCUT2D eigenvalue weighted by Gasteiger charge is 2.29. The number of anilines is 3. The number of ether oxygens (including phenoxy) is 1. The zero-order chi connectivity index (χ0) is 20.4. The van der Waals surface area contributed by atoms with Gasteiger partial charge in [-0.2, -0.15) is 4.98 Å². The van der Waals surface area contributed by atoms with E-state index in [2.05, 4.69) is 22.2 Å². The van der Waals surface area contributed by atoms with Crippen LogP contribution in [-0.2, 0) is 4.79 Å². The van der Waals surface area contributed by atoms with E-state index in [-0.39, 0.29) is 11.8 Å². The van der Waals surface area contributed by atoms with Crippen LogP contribution in [0.4, 0.5) is 17.2 Å². The zero-order valence-electron chi connectivity index (χ0n) is 16.9. The highest BCUT2D eigenvalue weighted by atomic mass is 32.2. The lowest BCUT2D eigenvalue weighted by Crippen LogP contribution is -2.44. The molecule has 2 heterocycles. The Hall–Kier alpha value is -2.45. The number of likely N-dealkylation sites (N-methyl/N-ethyl adjacent to an activating group) is 1. The number of rotatable bonds is 6. The number of nitrogen functional groups attached to an aromatic ring is 1. The number of hydrogen-bond donors (Lipinski definition) is 2. The lowest BCUT2D eigenvalue weighted by Gasteiger charge is -2.33. The third-order valence-electron chi connectivity index (χ3n) is 5.20. The average molecular weight is 414 g/mol. The molecule has 1 aromatic heterocycles. The van der Waals surface area contributed by atoms with Crippen LogP contribution in [0.15, 0.2) is 40.1 Å². The number of nitrogens with zero attached hydrogens (tertiary/aromatic N) is 3. The van der Waals surface area contributed by atoms with Crippen LogP contribution < -0.4 is 20.7 Å². The van der Waals surface area contributed by atoms with Gasteiger partial charge < -0.3 is 25.6 Å². The quantitative estimate of drug-likeness (QED) is 0.705. The highest BCUT2D eigenvalue weighted by molar-refractivity contribution is 7.99. The summed E-state index contributed by atoms with van der Waals surface area (Å²) in [5.74, 6) is 1.75. The van der Waals surface area contributed by atoms with Crippen LogP contribution in [0.1, 0.15) is 12.8 Å².